The lowest BCUT2D eigenvalue weighted by Gasteiger charge is -2.16. The van der Waals surface area contributed by atoms with Crippen LogP contribution in [0.5, 0.6) is 0 Å². The Labute approximate surface area is 184 Å². The van der Waals surface area contributed by atoms with Crippen molar-refractivity contribution < 1.29 is 19.1 Å². The molecule has 4 rings (SSSR count). The van der Waals surface area contributed by atoms with E-state index in [1.54, 1.807) is 12.1 Å². The molecule has 0 saturated carbocycles. The molecule has 1 aliphatic heterocycles. The average Bonchev–Trinajstić information content (AvgIpc) is 3.24. The largest absolute Gasteiger partial charge is 0.465 e. The van der Waals surface area contributed by atoms with Gasteiger partial charge in [0.05, 0.1) is 17.6 Å². The summed E-state index contributed by atoms with van der Waals surface area (Å²) in [4.78, 5) is 38.5. The van der Waals surface area contributed by atoms with Gasteiger partial charge in [-0.3, -0.25) is 14.5 Å². The molecule has 2 aromatic carbocycles. The van der Waals surface area contributed by atoms with Gasteiger partial charge in [-0.15, -0.1) is 0 Å². The Kier molecular flexibility index (Phi) is 5.69. The van der Waals surface area contributed by atoms with Gasteiger partial charge in [0.2, 0.25) is 0 Å². The minimum Gasteiger partial charge on any atom is -0.465 e. The number of benzene rings is 2. The molecule has 2 amide bonds. The molecule has 0 N–H and O–H groups in total. The van der Waals surface area contributed by atoms with Gasteiger partial charge in [-0.1, -0.05) is 30.3 Å². The topological polar surface area (TPSA) is 68.6 Å². The zero-order valence-electron chi connectivity index (χ0n) is 17.5. The van der Waals surface area contributed by atoms with Crippen LogP contribution in [-0.2, 0) is 16.1 Å². The highest BCUT2D eigenvalue weighted by molar-refractivity contribution is 8.18. The van der Waals surface area contributed by atoms with Crippen LogP contribution in [0.1, 0.15) is 35.3 Å². The Morgan fingerprint density at radius 3 is 2.61 bits per heavy atom. The molecule has 3 aromatic rings. The number of nitrogens with zero attached hydrogens (tertiary/aromatic N) is 2. The van der Waals surface area contributed by atoms with Gasteiger partial charge in [0.1, 0.15) is 0 Å². The van der Waals surface area contributed by atoms with Crippen molar-refractivity contribution in [1.29, 1.82) is 0 Å². The van der Waals surface area contributed by atoms with E-state index >= 15 is 0 Å². The van der Waals surface area contributed by atoms with Crippen LogP contribution in [0, 0.1) is 0 Å². The van der Waals surface area contributed by atoms with E-state index in [0.29, 0.717) is 17.0 Å². The molecule has 31 heavy (non-hydrogen) atoms. The summed E-state index contributed by atoms with van der Waals surface area (Å²) >= 11 is 0.972. The number of methoxy groups -OCH3 is 1. The van der Waals surface area contributed by atoms with Crippen molar-refractivity contribution in [2.24, 2.45) is 0 Å². The average molecular weight is 435 g/mol. The summed E-state index contributed by atoms with van der Waals surface area (Å²) in [6.07, 6.45) is 3.76. The molecule has 2 heterocycles. The van der Waals surface area contributed by atoms with Crippen molar-refractivity contribution in [1.82, 2.24) is 9.47 Å². The predicted octanol–water partition coefficient (Wildman–Crippen LogP) is 4.92. The number of fused-ring (bicyclic) bond motifs is 1. The van der Waals surface area contributed by atoms with Crippen LogP contribution in [0.3, 0.4) is 0 Å². The first-order valence-corrected chi connectivity index (χ1v) is 10.7. The minimum atomic E-state index is -0.374. The number of imide groups is 1. The number of para-hydroxylation sites is 1. The number of rotatable bonds is 5. The van der Waals surface area contributed by atoms with Crippen LogP contribution >= 0.6 is 11.8 Å². The number of carbonyl (C=O) groups is 3. The van der Waals surface area contributed by atoms with Crippen LogP contribution in [-0.4, -0.2) is 39.7 Å². The second-order valence-electron chi connectivity index (χ2n) is 7.57. The van der Waals surface area contributed by atoms with Crippen molar-refractivity contribution in [3.05, 3.63) is 76.3 Å². The Morgan fingerprint density at radius 1 is 1.13 bits per heavy atom. The highest BCUT2D eigenvalue weighted by Gasteiger charge is 2.36. The van der Waals surface area contributed by atoms with E-state index in [2.05, 4.69) is 4.57 Å². The summed E-state index contributed by atoms with van der Waals surface area (Å²) in [6, 6.07) is 15.0. The Morgan fingerprint density at radius 2 is 1.90 bits per heavy atom. The van der Waals surface area contributed by atoms with Crippen molar-refractivity contribution in [2.75, 3.05) is 7.11 Å². The summed E-state index contributed by atoms with van der Waals surface area (Å²) in [6.45, 7) is 4.20. The number of esters is 1. The number of thioether (sulfide) groups is 1. The monoisotopic (exact) mass is 434 g/mol. The lowest BCUT2D eigenvalue weighted by atomic mass is 10.1. The number of carbonyl (C=O) groups excluding carboxylic acids is 3. The van der Waals surface area contributed by atoms with E-state index in [4.69, 9.17) is 4.74 Å². The van der Waals surface area contributed by atoms with E-state index < -0.39 is 0 Å². The van der Waals surface area contributed by atoms with Crippen LogP contribution in [0.4, 0.5) is 4.79 Å². The van der Waals surface area contributed by atoms with E-state index in [1.807, 2.05) is 62.5 Å². The van der Waals surface area contributed by atoms with Gasteiger partial charge in [-0.2, -0.15) is 0 Å². The van der Waals surface area contributed by atoms with E-state index in [-0.39, 0.29) is 23.2 Å². The summed E-state index contributed by atoms with van der Waals surface area (Å²) in [5.74, 6) is -0.631. The minimum absolute atomic E-state index is 0.179. The number of hydrogen-bond acceptors (Lipinski definition) is 5. The number of amides is 2. The second kappa shape index (κ2) is 8.43. The lowest BCUT2D eigenvalue weighted by Crippen LogP contribution is -2.34. The van der Waals surface area contributed by atoms with Crippen LogP contribution < -0.4 is 0 Å². The van der Waals surface area contributed by atoms with Crippen LogP contribution in [0.15, 0.2) is 59.6 Å². The zero-order chi connectivity index (χ0) is 22.1. The Balaban J connectivity index is 1.72. The molecule has 0 atom stereocenters. The molecular formula is C24H22N2O4S. The molecule has 158 valence electrons. The van der Waals surface area contributed by atoms with Gasteiger partial charge < -0.3 is 9.30 Å². The molecule has 0 unspecified atom stereocenters. The zero-order valence-corrected chi connectivity index (χ0v) is 18.3. The van der Waals surface area contributed by atoms with Gasteiger partial charge in [0, 0.05) is 35.2 Å². The molecule has 0 aliphatic carbocycles. The number of hydrogen-bond donors (Lipinski definition) is 0. The SMILES string of the molecule is COC(=O)c1cccc(Cn2cc(/C=C3\SC(=O)N(C(C)C)C3=O)c3ccccc32)c1. The van der Waals surface area contributed by atoms with E-state index in [9.17, 15) is 14.4 Å². The molecular weight excluding hydrogens is 412 g/mol. The highest BCUT2D eigenvalue weighted by atomic mass is 32.2. The third-order valence-corrected chi connectivity index (χ3v) is 6.03. The molecule has 0 spiro atoms. The van der Waals surface area contributed by atoms with E-state index in [1.165, 1.54) is 12.0 Å². The normalized spacial score (nSPS) is 15.5. The van der Waals surface area contributed by atoms with Crippen molar-refractivity contribution in [2.45, 2.75) is 26.4 Å². The Hall–Kier alpha value is -3.32. The van der Waals surface area contributed by atoms with Crippen LogP contribution in [0.25, 0.3) is 17.0 Å². The second-order valence-corrected chi connectivity index (χ2v) is 8.56. The van der Waals surface area contributed by atoms with Gasteiger partial charge >= 0.3 is 5.97 Å². The number of ether oxygens (including phenoxy) is 1. The fourth-order valence-electron chi connectivity index (χ4n) is 3.70. The molecule has 6 nitrogen and oxygen atoms in total. The van der Waals surface area contributed by atoms with Crippen LogP contribution in [0.2, 0.25) is 0 Å². The van der Waals surface area contributed by atoms with E-state index in [0.717, 1.165) is 33.8 Å². The highest BCUT2D eigenvalue weighted by Crippen LogP contribution is 2.35. The third kappa shape index (κ3) is 4.01. The van der Waals surface area contributed by atoms with Crippen molar-refractivity contribution >= 4 is 45.9 Å². The van der Waals surface area contributed by atoms with Crippen molar-refractivity contribution in [3.8, 4) is 0 Å². The maximum absolute atomic E-state index is 12.7. The first kappa shape index (κ1) is 20.9. The fourth-order valence-corrected chi connectivity index (χ4v) is 4.65. The molecule has 1 saturated heterocycles. The smallest absolute Gasteiger partial charge is 0.337 e. The first-order chi connectivity index (χ1) is 14.9. The maximum atomic E-state index is 12.7. The third-order valence-electron chi connectivity index (χ3n) is 5.15. The lowest BCUT2D eigenvalue weighted by molar-refractivity contribution is -0.123. The summed E-state index contributed by atoms with van der Waals surface area (Å²) < 4.78 is 6.89. The molecule has 1 aliphatic rings. The van der Waals surface area contributed by atoms with Gasteiger partial charge in [-0.05, 0) is 55.4 Å². The van der Waals surface area contributed by atoms with Gasteiger partial charge in [0.15, 0.2) is 0 Å². The molecule has 0 bridgehead atoms. The number of aromatic nitrogens is 1. The van der Waals surface area contributed by atoms with Gasteiger partial charge in [0.25, 0.3) is 11.1 Å². The maximum Gasteiger partial charge on any atom is 0.337 e. The fraction of sp³-hybridized carbons (Fsp3) is 0.208. The quantitative estimate of drug-likeness (QED) is 0.421. The summed E-state index contributed by atoms with van der Waals surface area (Å²) in [5, 5.41) is 0.748. The molecule has 0 radical (unpaired) electrons. The van der Waals surface area contributed by atoms with Gasteiger partial charge in [-0.25, -0.2) is 4.79 Å². The Bertz CT molecular complexity index is 1230. The summed E-state index contributed by atoms with van der Waals surface area (Å²) in [7, 11) is 1.36. The standard InChI is InChI=1S/C24H22N2O4S/c1-15(2)26-22(27)21(31-24(26)29)12-18-14-25(20-10-5-4-9-19(18)20)13-16-7-6-8-17(11-16)23(28)30-3/h4-12,14-15H,13H2,1-3H3/b21-12-. The summed E-state index contributed by atoms with van der Waals surface area (Å²) in [5.41, 5.74) is 3.32. The molecule has 1 aromatic heterocycles. The predicted molar refractivity (Wildman–Crippen MR) is 122 cm³/mol. The first-order valence-electron chi connectivity index (χ1n) is 9.91. The molecule has 7 heteroatoms. The molecule has 1 fully saturated rings. The van der Waals surface area contributed by atoms with Crippen molar-refractivity contribution in [3.63, 3.8) is 0 Å².